The molecule has 0 unspecified atom stereocenters. The predicted octanol–water partition coefficient (Wildman–Crippen LogP) is 3.45. The summed E-state index contributed by atoms with van der Waals surface area (Å²) in [6.07, 6.45) is 3.28. The molecule has 0 aliphatic carbocycles. The Morgan fingerprint density at radius 2 is 1.88 bits per heavy atom. The van der Waals surface area contributed by atoms with Crippen LogP contribution in [0.25, 0.3) is 6.08 Å². The first kappa shape index (κ1) is 16.9. The van der Waals surface area contributed by atoms with Crippen molar-refractivity contribution in [3.8, 4) is 17.2 Å². The van der Waals surface area contributed by atoms with Gasteiger partial charge in [-0.05, 0) is 42.8 Å². The smallest absolute Gasteiger partial charge is 0.250 e. The molecule has 2 aromatic carbocycles. The molecule has 1 heterocycles. The van der Waals surface area contributed by atoms with Gasteiger partial charge >= 0.3 is 0 Å². The number of rotatable bonds is 4. The lowest BCUT2D eigenvalue weighted by Crippen LogP contribution is -2.23. The van der Waals surface area contributed by atoms with E-state index in [4.69, 9.17) is 14.2 Å². The summed E-state index contributed by atoms with van der Waals surface area (Å²) >= 11 is 0. The molecule has 1 aliphatic heterocycles. The molecule has 0 N–H and O–H groups in total. The van der Waals surface area contributed by atoms with E-state index in [2.05, 4.69) is 0 Å². The van der Waals surface area contributed by atoms with Crippen LogP contribution in [0.1, 0.15) is 11.1 Å². The molecule has 0 saturated carbocycles. The summed E-state index contributed by atoms with van der Waals surface area (Å²) in [5, 5.41) is 0. The lowest BCUT2D eigenvalue weighted by Gasteiger charge is -2.21. The van der Waals surface area contributed by atoms with Crippen molar-refractivity contribution in [2.24, 2.45) is 0 Å². The van der Waals surface area contributed by atoms with Crippen molar-refractivity contribution in [2.75, 3.05) is 32.3 Å². The van der Waals surface area contributed by atoms with E-state index >= 15 is 0 Å². The number of nitrogens with zero attached hydrogens (tertiary/aromatic N) is 1. The van der Waals surface area contributed by atoms with Crippen molar-refractivity contribution in [1.82, 2.24) is 0 Å². The maximum absolute atomic E-state index is 12.4. The van der Waals surface area contributed by atoms with Crippen LogP contribution >= 0.6 is 0 Å². The zero-order valence-electron chi connectivity index (χ0n) is 14.6. The van der Waals surface area contributed by atoms with Crippen LogP contribution in [0, 0.1) is 6.92 Å². The van der Waals surface area contributed by atoms with Crippen molar-refractivity contribution >= 4 is 17.7 Å². The first-order chi connectivity index (χ1) is 12.1. The topological polar surface area (TPSA) is 48.0 Å². The number of ether oxygens (including phenoxy) is 3. The van der Waals surface area contributed by atoms with Gasteiger partial charge in [0.15, 0.2) is 11.5 Å². The van der Waals surface area contributed by atoms with E-state index in [1.807, 2.05) is 43.3 Å². The number of carbonyl (C=O) groups excluding carboxylic acids is 1. The van der Waals surface area contributed by atoms with Crippen LogP contribution in [0.4, 0.5) is 5.69 Å². The van der Waals surface area contributed by atoms with E-state index in [1.54, 1.807) is 25.1 Å². The maximum Gasteiger partial charge on any atom is 0.250 e. The van der Waals surface area contributed by atoms with E-state index in [9.17, 15) is 4.79 Å². The van der Waals surface area contributed by atoms with Gasteiger partial charge in [0.05, 0.1) is 7.11 Å². The number of hydrogen-bond donors (Lipinski definition) is 0. The van der Waals surface area contributed by atoms with E-state index in [0.717, 1.165) is 16.8 Å². The molecule has 5 heteroatoms. The minimum absolute atomic E-state index is 0.113. The number of aryl methyl sites for hydroxylation is 1. The van der Waals surface area contributed by atoms with Crippen LogP contribution in [-0.2, 0) is 4.79 Å². The molecule has 0 atom stereocenters. The average molecular weight is 339 g/mol. The molecule has 25 heavy (non-hydrogen) atoms. The van der Waals surface area contributed by atoms with Crippen LogP contribution in [-0.4, -0.2) is 33.3 Å². The summed E-state index contributed by atoms with van der Waals surface area (Å²) in [6.45, 7) is 3.01. The number of hydrogen-bond acceptors (Lipinski definition) is 4. The zero-order valence-corrected chi connectivity index (χ0v) is 14.6. The molecule has 130 valence electrons. The van der Waals surface area contributed by atoms with Crippen LogP contribution in [0.15, 0.2) is 42.5 Å². The fourth-order valence-corrected chi connectivity index (χ4v) is 2.56. The van der Waals surface area contributed by atoms with E-state index in [1.165, 1.54) is 6.08 Å². The minimum Gasteiger partial charge on any atom is -0.493 e. The first-order valence-corrected chi connectivity index (χ1v) is 8.08. The molecule has 1 aliphatic rings. The normalized spacial score (nSPS) is 12.9. The summed E-state index contributed by atoms with van der Waals surface area (Å²) < 4.78 is 16.5. The van der Waals surface area contributed by atoms with Gasteiger partial charge in [0.25, 0.3) is 5.91 Å². The van der Waals surface area contributed by atoms with Gasteiger partial charge in [-0.3, -0.25) is 4.79 Å². The Balaban J connectivity index is 1.79. The highest BCUT2D eigenvalue weighted by molar-refractivity contribution is 6.03. The van der Waals surface area contributed by atoms with Gasteiger partial charge in [0.2, 0.25) is 5.75 Å². The van der Waals surface area contributed by atoms with Gasteiger partial charge in [-0.2, -0.15) is 0 Å². The number of anilines is 1. The predicted molar refractivity (Wildman–Crippen MR) is 97.6 cm³/mol. The summed E-state index contributed by atoms with van der Waals surface area (Å²) in [5.41, 5.74) is 2.82. The van der Waals surface area contributed by atoms with Crippen molar-refractivity contribution in [3.05, 3.63) is 53.6 Å². The lowest BCUT2D eigenvalue weighted by molar-refractivity contribution is -0.113. The molecule has 0 fully saturated rings. The fraction of sp³-hybridized carbons (Fsp3) is 0.250. The van der Waals surface area contributed by atoms with Crippen LogP contribution in [0.2, 0.25) is 0 Å². The van der Waals surface area contributed by atoms with E-state index in [0.29, 0.717) is 30.5 Å². The summed E-state index contributed by atoms with van der Waals surface area (Å²) in [7, 11) is 3.33. The molecule has 0 spiro atoms. The third kappa shape index (κ3) is 3.76. The highest BCUT2D eigenvalue weighted by atomic mass is 16.6. The Labute approximate surface area is 147 Å². The molecule has 1 amide bonds. The molecular formula is C20H21NO4. The van der Waals surface area contributed by atoms with Gasteiger partial charge in [0.1, 0.15) is 13.2 Å². The summed E-state index contributed by atoms with van der Waals surface area (Å²) in [6, 6.07) is 11.5. The third-order valence-electron chi connectivity index (χ3n) is 4.02. The SMILES string of the molecule is COc1cc(/C=C/C(=O)N(C)c2ccc(C)cc2)cc2c1OCCO2. The molecule has 0 aromatic heterocycles. The Bertz CT molecular complexity index is 779. The van der Waals surface area contributed by atoms with Crippen molar-refractivity contribution in [1.29, 1.82) is 0 Å². The largest absolute Gasteiger partial charge is 0.493 e. The van der Waals surface area contributed by atoms with Crippen molar-refractivity contribution < 1.29 is 19.0 Å². The van der Waals surface area contributed by atoms with E-state index < -0.39 is 0 Å². The molecule has 0 bridgehead atoms. The molecule has 0 radical (unpaired) electrons. The van der Waals surface area contributed by atoms with Gasteiger partial charge in [-0.1, -0.05) is 17.7 Å². The fourth-order valence-electron chi connectivity index (χ4n) is 2.56. The summed E-state index contributed by atoms with van der Waals surface area (Å²) in [4.78, 5) is 14.0. The Morgan fingerprint density at radius 1 is 1.16 bits per heavy atom. The Morgan fingerprint density at radius 3 is 2.60 bits per heavy atom. The zero-order chi connectivity index (χ0) is 17.8. The number of amides is 1. The Hall–Kier alpha value is -2.95. The van der Waals surface area contributed by atoms with Crippen molar-refractivity contribution in [3.63, 3.8) is 0 Å². The quantitative estimate of drug-likeness (QED) is 0.801. The van der Waals surface area contributed by atoms with Gasteiger partial charge in [0, 0.05) is 18.8 Å². The van der Waals surface area contributed by atoms with Crippen LogP contribution in [0.5, 0.6) is 17.2 Å². The second-order valence-electron chi connectivity index (χ2n) is 5.81. The van der Waals surface area contributed by atoms with Gasteiger partial charge in [-0.15, -0.1) is 0 Å². The molecule has 3 rings (SSSR count). The molecule has 2 aromatic rings. The minimum atomic E-state index is -0.113. The number of carbonyl (C=O) groups is 1. The van der Waals surface area contributed by atoms with Crippen LogP contribution < -0.4 is 19.1 Å². The summed E-state index contributed by atoms with van der Waals surface area (Å²) in [5.74, 6) is 1.72. The Kier molecular flexibility index (Phi) is 4.93. The van der Waals surface area contributed by atoms with Crippen LogP contribution in [0.3, 0.4) is 0 Å². The second-order valence-corrected chi connectivity index (χ2v) is 5.81. The van der Waals surface area contributed by atoms with Crippen molar-refractivity contribution in [2.45, 2.75) is 6.92 Å². The highest BCUT2D eigenvalue weighted by Gasteiger charge is 2.18. The molecule has 0 saturated heterocycles. The molecular weight excluding hydrogens is 318 g/mol. The second kappa shape index (κ2) is 7.30. The van der Waals surface area contributed by atoms with Gasteiger partial charge in [-0.25, -0.2) is 0 Å². The monoisotopic (exact) mass is 339 g/mol. The average Bonchev–Trinajstić information content (AvgIpc) is 2.65. The first-order valence-electron chi connectivity index (χ1n) is 8.08. The number of benzene rings is 2. The van der Waals surface area contributed by atoms with E-state index in [-0.39, 0.29) is 5.91 Å². The lowest BCUT2D eigenvalue weighted by atomic mass is 10.1. The number of methoxy groups -OCH3 is 1. The van der Waals surface area contributed by atoms with Gasteiger partial charge < -0.3 is 19.1 Å². The standard InChI is InChI=1S/C20H21NO4/c1-14-4-7-16(8-5-14)21(2)19(22)9-6-15-12-17(23-3)20-18(13-15)24-10-11-25-20/h4-9,12-13H,10-11H2,1-3H3/b9-6+. The number of fused-ring (bicyclic) bond motifs is 1. The highest BCUT2D eigenvalue weighted by Crippen LogP contribution is 2.40. The maximum atomic E-state index is 12.4. The molecule has 5 nitrogen and oxygen atoms in total. The third-order valence-corrected chi connectivity index (χ3v) is 4.02. The number of likely N-dealkylation sites (N-methyl/N-ethyl adjacent to an activating group) is 1.